The SMILES string of the molecule is COC(=O)c1cc(N2CCN(C)CC2)nc(C2CC2)n1. The molecule has 0 amide bonds. The van der Waals surface area contributed by atoms with Gasteiger partial charge >= 0.3 is 5.97 Å². The average Bonchev–Trinajstić information content (AvgIpc) is 3.31. The van der Waals surface area contributed by atoms with Gasteiger partial charge in [-0.15, -0.1) is 0 Å². The van der Waals surface area contributed by atoms with Crippen LogP contribution in [-0.4, -0.2) is 61.2 Å². The number of methoxy groups -OCH3 is 1. The molecule has 2 heterocycles. The van der Waals surface area contributed by atoms with Crippen LogP contribution < -0.4 is 4.90 Å². The van der Waals surface area contributed by atoms with Crippen molar-refractivity contribution in [2.75, 3.05) is 45.2 Å². The van der Waals surface area contributed by atoms with Gasteiger partial charge in [-0.3, -0.25) is 0 Å². The van der Waals surface area contributed by atoms with E-state index >= 15 is 0 Å². The average molecular weight is 276 g/mol. The lowest BCUT2D eigenvalue weighted by atomic mass is 10.3. The van der Waals surface area contributed by atoms with Gasteiger partial charge in [0.2, 0.25) is 0 Å². The van der Waals surface area contributed by atoms with Gasteiger partial charge in [-0.05, 0) is 19.9 Å². The number of anilines is 1. The molecule has 6 nitrogen and oxygen atoms in total. The quantitative estimate of drug-likeness (QED) is 0.764. The maximum absolute atomic E-state index is 11.8. The molecule has 1 saturated heterocycles. The Labute approximate surface area is 118 Å². The van der Waals surface area contributed by atoms with Gasteiger partial charge in [0, 0.05) is 38.2 Å². The molecule has 2 fully saturated rings. The van der Waals surface area contributed by atoms with Crippen molar-refractivity contribution in [1.29, 1.82) is 0 Å². The Morgan fingerprint density at radius 1 is 1.25 bits per heavy atom. The number of nitrogens with zero attached hydrogens (tertiary/aromatic N) is 4. The first kappa shape index (κ1) is 13.3. The lowest BCUT2D eigenvalue weighted by molar-refractivity contribution is 0.0593. The topological polar surface area (TPSA) is 58.6 Å². The van der Waals surface area contributed by atoms with Gasteiger partial charge in [0.05, 0.1) is 7.11 Å². The third kappa shape index (κ3) is 2.75. The van der Waals surface area contributed by atoms with Crippen LogP contribution in [0.2, 0.25) is 0 Å². The molecule has 108 valence electrons. The molecule has 1 aromatic heterocycles. The maximum atomic E-state index is 11.8. The molecule has 0 radical (unpaired) electrons. The van der Waals surface area contributed by atoms with Crippen LogP contribution in [-0.2, 0) is 4.74 Å². The van der Waals surface area contributed by atoms with Crippen molar-refractivity contribution < 1.29 is 9.53 Å². The molecule has 1 saturated carbocycles. The first-order chi connectivity index (χ1) is 9.67. The molecule has 6 heteroatoms. The number of aromatic nitrogens is 2. The summed E-state index contributed by atoms with van der Waals surface area (Å²) in [6, 6.07) is 1.75. The smallest absolute Gasteiger partial charge is 0.356 e. The Morgan fingerprint density at radius 3 is 2.55 bits per heavy atom. The highest BCUT2D eigenvalue weighted by atomic mass is 16.5. The van der Waals surface area contributed by atoms with Gasteiger partial charge in [0.25, 0.3) is 0 Å². The summed E-state index contributed by atoms with van der Waals surface area (Å²) in [5, 5.41) is 0. The minimum absolute atomic E-state index is 0.373. The highest BCUT2D eigenvalue weighted by molar-refractivity contribution is 5.88. The monoisotopic (exact) mass is 276 g/mol. The van der Waals surface area contributed by atoms with Crippen LogP contribution in [0.15, 0.2) is 6.07 Å². The zero-order valence-corrected chi connectivity index (χ0v) is 12.0. The van der Waals surface area contributed by atoms with Crippen LogP contribution in [0, 0.1) is 0 Å². The second-order valence-electron chi connectivity index (χ2n) is 5.53. The molecule has 1 aromatic rings. The van der Waals surface area contributed by atoms with E-state index in [1.165, 1.54) is 7.11 Å². The van der Waals surface area contributed by atoms with Gasteiger partial charge < -0.3 is 14.5 Å². The molecular weight excluding hydrogens is 256 g/mol. The lowest BCUT2D eigenvalue weighted by Gasteiger charge is -2.33. The summed E-state index contributed by atoms with van der Waals surface area (Å²) >= 11 is 0. The van der Waals surface area contributed by atoms with E-state index in [-0.39, 0.29) is 5.97 Å². The molecular formula is C14H20N4O2. The van der Waals surface area contributed by atoms with Crippen LogP contribution in [0.4, 0.5) is 5.82 Å². The van der Waals surface area contributed by atoms with Crippen LogP contribution in [0.25, 0.3) is 0 Å². The van der Waals surface area contributed by atoms with Gasteiger partial charge in [-0.2, -0.15) is 0 Å². The highest BCUT2D eigenvalue weighted by Gasteiger charge is 2.29. The number of likely N-dealkylation sites (N-methyl/N-ethyl adjacent to an activating group) is 1. The zero-order valence-electron chi connectivity index (χ0n) is 12.0. The molecule has 0 N–H and O–H groups in total. The Morgan fingerprint density at radius 2 is 1.95 bits per heavy atom. The number of hydrogen-bond donors (Lipinski definition) is 0. The van der Waals surface area contributed by atoms with E-state index in [1.807, 2.05) is 0 Å². The number of esters is 1. The van der Waals surface area contributed by atoms with Crippen LogP contribution in [0.5, 0.6) is 0 Å². The lowest BCUT2D eigenvalue weighted by Crippen LogP contribution is -2.45. The fourth-order valence-electron chi connectivity index (χ4n) is 2.38. The fraction of sp³-hybridized carbons (Fsp3) is 0.643. The summed E-state index contributed by atoms with van der Waals surface area (Å²) in [5.41, 5.74) is 0.373. The highest BCUT2D eigenvalue weighted by Crippen LogP contribution is 2.38. The second kappa shape index (κ2) is 5.36. The van der Waals surface area contributed by atoms with Crippen LogP contribution >= 0.6 is 0 Å². The summed E-state index contributed by atoms with van der Waals surface area (Å²) in [4.78, 5) is 25.3. The predicted octanol–water partition coefficient (Wildman–Crippen LogP) is 0.892. The molecule has 1 aliphatic heterocycles. The normalized spacial score (nSPS) is 20.0. The van der Waals surface area contributed by atoms with Crippen molar-refractivity contribution >= 4 is 11.8 Å². The minimum Gasteiger partial charge on any atom is -0.464 e. The summed E-state index contributed by atoms with van der Waals surface area (Å²) in [5.74, 6) is 1.69. The molecule has 2 aliphatic rings. The van der Waals surface area contributed by atoms with E-state index in [2.05, 4.69) is 26.8 Å². The number of rotatable bonds is 3. The van der Waals surface area contributed by atoms with Gasteiger partial charge in [0.15, 0.2) is 5.69 Å². The van der Waals surface area contributed by atoms with Crippen molar-refractivity contribution in [2.24, 2.45) is 0 Å². The molecule has 0 unspecified atom stereocenters. The van der Waals surface area contributed by atoms with Gasteiger partial charge in [-0.25, -0.2) is 14.8 Å². The third-order valence-corrected chi connectivity index (χ3v) is 3.89. The number of carbonyl (C=O) groups is 1. The van der Waals surface area contributed by atoms with Crippen molar-refractivity contribution in [2.45, 2.75) is 18.8 Å². The molecule has 20 heavy (non-hydrogen) atoms. The first-order valence-electron chi connectivity index (χ1n) is 7.08. The van der Waals surface area contributed by atoms with Crippen LogP contribution in [0.1, 0.15) is 35.1 Å². The minimum atomic E-state index is -0.385. The van der Waals surface area contributed by atoms with Crippen LogP contribution in [0.3, 0.4) is 0 Å². The van der Waals surface area contributed by atoms with Gasteiger partial charge in [0.1, 0.15) is 11.6 Å². The van der Waals surface area contributed by atoms with Crippen molar-refractivity contribution in [3.05, 3.63) is 17.6 Å². The Hall–Kier alpha value is -1.69. The molecule has 0 atom stereocenters. The largest absolute Gasteiger partial charge is 0.464 e. The summed E-state index contributed by atoms with van der Waals surface area (Å²) in [7, 11) is 3.50. The van der Waals surface area contributed by atoms with Crippen molar-refractivity contribution in [3.63, 3.8) is 0 Å². The fourth-order valence-corrected chi connectivity index (χ4v) is 2.38. The number of piperazine rings is 1. The second-order valence-corrected chi connectivity index (χ2v) is 5.53. The predicted molar refractivity (Wildman–Crippen MR) is 75.1 cm³/mol. The van der Waals surface area contributed by atoms with Crippen molar-refractivity contribution in [1.82, 2.24) is 14.9 Å². The van der Waals surface area contributed by atoms with Crippen molar-refractivity contribution in [3.8, 4) is 0 Å². The summed E-state index contributed by atoms with van der Waals surface area (Å²) in [6.45, 7) is 3.88. The molecule has 1 aliphatic carbocycles. The molecule has 0 bridgehead atoms. The number of carbonyl (C=O) groups excluding carboxylic acids is 1. The van der Waals surface area contributed by atoms with E-state index in [0.29, 0.717) is 11.6 Å². The molecule has 0 aromatic carbocycles. The van der Waals surface area contributed by atoms with Gasteiger partial charge in [-0.1, -0.05) is 0 Å². The number of ether oxygens (including phenoxy) is 1. The number of hydrogen-bond acceptors (Lipinski definition) is 6. The Kier molecular flexibility index (Phi) is 3.56. The van der Waals surface area contributed by atoms with E-state index in [9.17, 15) is 4.79 Å². The maximum Gasteiger partial charge on any atom is 0.356 e. The molecule has 0 spiro atoms. The zero-order chi connectivity index (χ0) is 14.1. The Balaban J connectivity index is 1.88. The van der Waals surface area contributed by atoms with E-state index in [0.717, 1.165) is 50.7 Å². The van der Waals surface area contributed by atoms with E-state index in [4.69, 9.17) is 4.74 Å². The third-order valence-electron chi connectivity index (χ3n) is 3.89. The Bertz CT molecular complexity index is 508. The standard InChI is InChI=1S/C14H20N4O2/c1-17-5-7-18(8-6-17)12-9-11(14(19)20-2)15-13(16-12)10-3-4-10/h9-10H,3-8H2,1-2H3. The van der Waals surface area contributed by atoms with E-state index < -0.39 is 0 Å². The summed E-state index contributed by atoms with van der Waals surface area (Å²) in [6.07, 6.45) is 2.24. The van der Waals surface area contributed by atoms with E-state index in [1.54, 1.807) is 6.07 Å². The first-order valence-corrected chi connectivity index (χ1v) is 7.08. The summed E-state index contributed by atoms with van der Waals surface area (Å²) < 4.78 is 4.79. The molecule has 3 rings (SSSR count).